The lowest BCUT2D eigenvalue weighted by Crippen LogP contribution is -2.42. The van der Waals surface area contributed by atoms with Gasteiger partial charge in [0.05, 0.1) is 25.2 Å². The van der Waals surface area contributed by atoms with Gasteiger partial charge in [0.15, 0.2) is 0 Å². The average molecular weight is 474 g/mol. The van der Waals surface area contributed by atoms with E-state index in [1.165, 1.54) is 0 Å². The third-order valence-electron chi connectivity index (χ3n) is 6.45. The van der Waals surface area contributed by atoms with Crippen LogP contribution in [0.15, 0.2) is 48.9 Å². The molecule has 0 atom stereocenters. The Balaban J connectivity index is 1.45. The molecule has 3 aromatic rings. The number of methoxy groups -OCH3 is 1. The molecule has 1 aliphatic rings. The van der Waals surface area contributed by atoms with Gasteiger partial charge in [-0.15, -0.1) is 0 Å². The van der Waals surface area contributed by atoms with Gasteiger partial charge in [-0.2, -0.15) is 0 Å². The fraction of sp³-hybridized carbons (Fsp3) is 0.407. The summed E-state index contributed by atoms with van der Waals surface area (Å²) < 4.78 is 5.22. The molecule has 2 aromatic heterocycles. The van der Waals surface area contributed by atoms with Crippen LogP contribution in [0.4, 0.5) is 11.6 Å². The van der Waals surface area contributed by atoms with Gasteiger partial charge in [0.25, 0.3) is 0 Å². The second-order valence-corrected chi connectivity index (χ2v) is 9.28. The van der Waals surface area contributed by atoms with Crippen LogP contribution in [0.5, 0.6) is 5.75 Å². The summed E-state index contributed by atoms with van der Waals surface area (Å²) in [6.45, 7) is 9.07. The maximum absolute atomic E-state index is 8.28. The highest BCUT2D eigenvalue weighted by molar-refractivity contribution is 6.01. The highest BCUT2D eigenvalue weighted by Gasteiger charge is 2.21. The van der Waals surface area contributed by atoms with Crippen molar-refractivity contribution in [2.45, 2.75) is 52.2 Å². The number of piperidine rings is 1. The number of nitrogens with one attached hydrogen (secondary N) is 3. The Bertz CT molecular complexity index is 1140. The van der Waals surface area contributed by atoms with Gasteiger partial charge >= 0.3 is 0 Å². The molecule has 0 spiro atoms. The van der Waals surface area contributed by atoms with E-state index in [1.54, 1.807) is 32.6 Å². The van der Waals surface area contributed by atoms with Gasteiger partial charge in [0.1, 0.15) is 17.4 Å². The first-order chi connectivity index (χ1) is 16.9. The minimum absolute atomic E-state index is 0.400. The number of ether oxygens (including phenoxy) is 1. The number of pyridine rings is 1. The van der Waals surface area contributed by atoms with Crippen LogP contribution >= 0.6 is 0 Å². The Kier molecular flexibility index (Phi) is 7.92. The zero-order chi connectivity index (χ0) is 24.8. The first-order valence-corrected chi connectivity index (χ1v) is 12.2. The minimum atomic E-state index is 0.400. The predicted octanol–water partition coefficient (Wildman–Crippen LogP) is 4.83. The highest BCUT2D eigenvalue weighted by Crippen LogP contribution is 2.24. The molecule has 1 aliphatic heterocycles. The lowest BCUT2D eigenvalue weighted by Gasteiger charge is -2.35. The van der Waals surface area contributed by atoms with E-state index >= 15 is 0 Å². The second-order valence-electron chi connectivity index (χ2n) is 9.28. The van der Waals surface area contributed by atoms with E-state index in [4.69, 9.17) is 15.1 Å². The van der Waals surface area contributed by atoms with Gasteiger partial charge in [-0.25, -0.2) is 9.97 Å². The van der Waals surface area contributed by atoms with Crippen molar-refractivity contribution < 1.29 is 4.74 Å². The van der Waals surface area contributed by atoms with Crippen LogP contribution in [0, 0.1) is 5.41 Å². The third kappa shape index (κ3) is 6.33. The normalized spacial score (nSPS) is 14.7. The highest BCUT2D eigenvalue weighted by atomic mass is 16.5. The summed E-state index contributed by atoms with van der Waals surface area (Å²) in [7, 11) is 1.66. The number of nitrogens with zero attached hydrogens (tertiary/aromatic N) is 4. The molecule has 1 saturated heterocycles. The van der Waals surface area contributed by atoms with Crippen LogP contribution in [0.2, 0.25) is 0 Å². The predicted molar refractivity (Wildman–Crippen MR) is 141 cm³/mol. The van der Waals surface area contributed by atoms with Crippen LogP contribution < -0.4 is 15.4 Å². The summed E-state index contributed by atoms with van der Waals surface area (Å²) in [5, 5.41) is 15.2. The Hall–Kier alpha value is -3.52. The van der Waals surface area contributed by atoms with Crippen molar-refractivity contribution >= 4 is 17.3 Å². The van der Waals surface area contributed by atoms with Crippen LogP contribution in [-0.2, 0) is 6.54 Å². The molecule has 0 aliphatic carbocycles. The monoisotopic (exact) mass is 473 g/mol. The lowest BCUT2D eigenvalue weighted by atomic mass is 10.0. The summed E-state index contributed by atoms with van der Waals surface area (Å²) in [6.07, 6.45) is 7.50. The molecule has 8 nitrogen and oxygen atoms in total. The van der Waals surface area contributed by atoms with E-state index in [1.807, 2.05) is 30.3 Å². The summed E-state index contributed by atoms with van der Waals surface area (Å²) in [6, 6.07) is 10.8. The number of rotatable bonds is 9. The maximum Gasteiger partial charge on any atom is 0.145 e. The molecule has 0 radical (unpaired) electrons. The molecule has 184 valence electrons. The molecule has 0 saturated carbocycles. The molecule has 1 aromatic carbocycles. The molecule has 35 heavy (non-hydrogen) atoms. The smallest absolute Gasteiger partial charge is 0.145 e. The topological polar surface area (TPSA) is 99.1 Å². The standard InChI is InChI=1S/C27H35N7O/c1-18(2)34-11-9-22(10-12-34)32-26-17-29-16-25(33-26)21-13-24(19(3)28)27(31-15-21)30-14-20-5-7-23(35-4)8-6-20/h5-8,13,15-18,22,28H,9-12,14H2,1-4H3,(H,30,31)(H,32,33). The molecule has 4 rings (SSSR count). The zero-order valence-electron chi connectivity index (χ0n) is 21.0. The number of likely N-dealkylation sites (tertiary alicyclic amines) is 1. The fourth-order valence-corrected chi connectivity index (χ4v) is 4.30. The molecule has 3 heterocycles. The van der Waals surface area contributed by atoms with Crippen LogP contribution in [-0.4, -0.2) is 57.8 Å². The average Bonchev–Trinajstić information content (AvgIpc) is 2.88. The molecular formula is C27H35N7O. The van der Waals surface area contributed by atoms with Crippen molar-refractivity contribution in [3.8, 4) is 17.0 Å². The lowest BCUT2D eigenvalue weighted by molar-refractivity contribution is 0.177. The first-order valence-electron chi connectivity index (χ1n) is 12.2. The van der Waals surface area contributed by atoms with E-state index in [9.17, 15) is 0 Å². The summed E-state index contributed by atoms with van der Waals surface area (Å²) in [4.78, 5) is 16.4. The molecule has 3 N–H and O–H groups in total. The van der Waals surface area contributed by atoms with E-state index in [-0.39, 0.29) is 0 Å². The van der Waals surface area contributed by atoms with Crippen molar-refractivity contribution in [2.75, 3.05) is 30.8 Å². The minimum Gasteiger partial charge on any atom is -0.497 e. The van der Waals surface area contributed by atoms with Gasteiger partial charge in [-0.3, -0.25) is 4.98 Å². The van der Waals surface area contributed by atoms with E-state index in [0.29, 0.717) is 30.2 Å². The summed E-state index contributed by atoms with van der Waals surface area (Å²) in [5.41, 5.74) is 3.88. The quantitative estimate of drug-likeness (QED) is 0.383. The Morgan fingerprint density at radius 1 is 1.14 bits per heavy atom. The van der Waals surface area contributed by atoms with Crippen molar-refractivity contribution in [3.63, 3.8) is 0 Å². The van der Waals surface area contributed by atoms with Gasteiger partial charge in [-0.05, 0) is 57.4 Å². The van der Waals surface area contributed by atoms with Gasteiger partial charge in [0.2, 0.25) is 0 Å². The number of anilines is 2. The molecule has 1 fully saturated rings. The largest absolute Gasteiger partial charge is 0.497 e. The van der Waals surface area contributed by atoms with Crippen molar-refractivity contribution in [1.29, 1.82) is 5.41 Å². The van der Waals surface area contributed by atoms with E-state index in [0.717, 1.165) is 59.9 Å². The number of aromatic nitrogens is 3. The van der Waals surface area contributed by atoms with Crippen LogP contribution in [0.25, 0.3) is 11.3 Å². The van der Waals surface area contributed by atoms with Gasteiger partial charge in [0, 0.05) is 54.8 Å². The number of hydrogen-bond acceptors (Lipinski definition) is 8. The Labute approximate surface area is 207 Å². The van der Waals surface area contributed by atoms with Crippen LogP contribution in [0.3, 0.4) is 0 Å². The summed E-state index contributed by atoms with van der Waals surface area (Å²) >= 11 is 0. The molecule has 0 unspecified atom stereocenters. The fourth-order valence-electron chi connectivity index (χ4n) is 4.30. The first kappa shape index (κ1) is 24.6. The van der Waals surface area contributed by atoms with Crippen molar-refractivity contribution in [3.05, 3.63) is 60.0 Å². The van der Waals surface area contributed by atoms with Gasteiger partial charge in [-0.1, -0.05) is 12.1 Å². The zero-order valence-corrected chi connectivity index (χ0v) is 21.0. The Morgan fingerprint density at radius 2 is 1.89 bits per heavy atom. The van der Waals surface area contributed by atoms with Gasteiger partial charge < -0.3 is 25.7 Å². The molecule has 8 heteroatoms. The maximum atomic E-state index is 8.28. The number of hydrogen-bond donors (Lipinski definition) is 3. The number of benzene rings is 1. The summed E-state index contributed by atoms with van der Waals surface area (Å²) in [5.74, 6) is 2.28. The van der Waals surface area contributed by atoms with E-state index < -0.39 is 0 Å². The van der Waals surface area contributed by atoms with Crippen molar-refractivity contribution in [2.24, 2.45) is 0 Å². The molecule has 0 bridgehead atoms. The second kappa shape index (κ2) is 11.3. The Morgan fingerprint density at radius 3 is 2.54 bits per heavy atom. The SMILES string of the molecule is COc1ccc(CNc2ncc(-c3cncc(NC4CCN(C(C)C)CC4)n3)cc2C(C)=N)cc1. The van der Waals surface area contributed by atoms with Crippen molar-refractivity contribution in [1.82, 2.24) is 19.9 Å². The third-order valence-corrected chi connectivity index (χ3v) is 6.45. The van der Waals surface area contributed by atoms with Crippen LogP contribution in [0.1, 0.15) is 44.7 Å². The molecular weight excluding hydrogens is 438 g/mol. The van der Waals surface area contributed by atoms with E-state index in [2.05, 4.69) is 39.3 Å². The molecule has 0 amide bonds.